The molecule has 148 valence electrons. The van der Waals surface area contributed by atoms with Crippen molar-refractivity contribution in [3.63, 3.8) is 0 Å². The van der Waals surface area contributed by atoms with Gasteiger partial charge in [0, 0.05) is 39.3 Å². The van der Waals surface area contributed by atoms with Gasteiger partial charge in [-0.3, -0.25) is 4.90 Å². The first-order valence-electron chi connectivity index (χ1n) is 10.5. The number of piperazine rings is 1. The molecule has 2 aromatic rings. The van der Waals surface area contributed by atoms with Gasteiger partial charge in [-0.25, -0.2) is 0 Å². The number of aromatic nitrogens is 3. The van der Waals surface area contributed by atoms with Crippen LogP contribution >= 0.6 is 0 Å². The zero-order valence-electron chi connectivity index (χ0n) is 16.6. The first-order chi connectivity index (χ1) is 13.9. The van der Waals surface area contributed by atoms with E-state index >= 15 is 0 Å². The van der Waals surface area contributed by atoms with E-state index < -0.39 is 0 Å². The Balaban J connectivity index is 1.25. The highest BCUT2D eigenvalue weighted by Gasteiger charge is 2.19. The van der Waals surface area contributed by atoms with E-state index in [1.807, 2.05) is 0 Å². The molecule has 1 fully saturated rings. The first kappa shape index (κ1) is 18.9. The predicted octanol–water partition coefficient (Wildman–Crippen LogP) is 3.50. The molecule has 0 spiro atoms. The summed E-state index contributed by atoms with van der Waals surface area (Å²) in [5, 5.41) is 11.7. The zero-order chi connectivity index (χ0) is 19.0. The summed E-state index contributed by atoms with van der Waals surface area (Å²) in [4.78, 5) is 9.50. The topological polar surface area (TPSA) is 57.2 Å². The quantitative estimate of drug-likeness (QED) is 0.744. The molecule has 6 nitrogen and oxygen atoms in total. The second kappa shape index (κ2) is 9.64. The van der Waals surface area contributed by atoms with E-state index in [-0.39, 0.29) is 0 Å². The van der Waals surface area contributed by atoms with E-state index in [0.717, 1.165) is 51.5 Å². The van der Waals surface area contributed by atoms with Gasteiger partial charge >= 0.3 is 0 Å². The highest BCUT2D eigenvalue weighted by atomic mass is 15.3. The third kappa shape index (κ3) is 5.29. The first-order valence-corrected chi connectivity index (χ1v) is 10.5. The SMILES string of the molecule is C1=C(CCNc2nncc(N3CCN(Cc4ccccc4)CC3)n2)CCCC1. The highest BCUT2D eigenvalue weighted by Crippen LogP contribution is 2.20. The Morgan fingerprint density at radius 3 is 2.64 bits per heavy atom. The van der Waals surface area contributed by atoms with E-state index in [0.29, 0.717) is 5.95 Å². The summed E-state index contributed by atoms with van der Waals surface area (Å²) < 4.78 is 0. The van der Waals surface area contributed by atoms with Gasteiger partial charge < -0.3 is 10.2 Å². The Labute approximate surface area is 167 Å². The molecule has 0 radical (unpaired) electrons. The molecule has 1 aliphatic carbocycles. The highest BCUT2D eigenvalue weighted by molar-refractivity contribution is 5.40. The molecule has 1 aliphatic heterocycles. The average Bonchev–Trinajstić information content (AvgIpc) is 2.76. The summed E-state index contributed by atoms with van der Waals surface area (Å²) >= 11 is 0. The Kier molecular flexibility index (Phi) is 6.50. The molecule has 2 aliphatic rings. The molecule has 0 unspecified atom stereocenters. The van der Waals surface area contributed by atoms with Crippen molar-refractivity contribution in [2.75, 3.05) is 42.9 Å². The number of hydrogen-bond acceptors (Lipinski definition) is 6. The molecule has 1 aromatic carbocycles. The van der Waals surface area contributed by atoms with Crippen LogP contribution in [0.3, 0.4) is 0 Å². The number of benzene rings is 1. The summed E-state index contributed by atoms with van der Waals surface area (Å²) in [7, 11) is 0. The lowest BCUT2D eigenvalue weighted by molar-refractivity contribution is 0.249. The lowest BCUT2D eigenvalue weighted by Crippen LogP contribution is -2.46. The lowest BCUT2D eigenvalue weighted by atomic mass is 9.97. The predicted molar refractivity (Wildman–Crippen MR) is 113 cm³/mol. The van der Waals surface area contributed by atoms with Crippen molar-refractivity contribution in [1.29, 1.82) is 0 Å². The van der Waals surface area contributed by atoms with Gasteiger partial charge in [0.1, 0.15) is 0 Å². The third-order valence-corrected chi connectivity index (χ3v) is 5.61. The van der Waals surface area contributed by atoms with Crippen LogP contribution in [0.2, 0.25) is 0 Å². The minimum atomic E-state index is 0.639. The second-order valence-electron chi connectivity index (χ2n) is 7.67. The minimum Gasteiger partial charge on any atom is -0.353 e. The van der Waals surface area contributed by atoms with E-state index in [9.17, 15) is 0 Å². The fourth-order valence-corrected chi connectivity index (χ4v) is 3.97. The Morgan fingerprint density at radius 2 is 1.86 bits per heavy atom. The van der Waals surface area contributed by atoms with Crippen LogP contribution in [0.15, 0.2) is 48.2 Å². The van der Waals surface area contributed by atoms with Crippen molar-refractivity contribution in [2.24, 2.45) is 0 Å². The number of rotatable bonds is 7. The maximum Gasteiger partial charge on any atom is 0.244 e. The number of nitrogens with zero attached hydrogens (tertiary/aromatic N) is 5. The fraction of sp³-hybridized carbons (Fsp3) is 0.500. The molecule has 0 bridgehead atoms. The third-order valence-electron chi connectivity index (χ3n) is 5.61. The molecule has 1 saturated heterocycles. The number of nitrogens with one attached hydrogen (secondary N) is 1. The summed E-state index contributed by atoms with van der Waals surface area (Å²) in [5.41, 5.74) is 2.94. The molecule has 2 heterocycles. The van der Waals surface area contributed by atoms with Gasteiger partial charge in [0.25, 0.3) is 0 Å². The molecule has 1 N–H and O–H groups in total. The van der Waals surface area contributed by atoms with Crippen LogP contribution in [0.5, 0.6) is 0 Å². The average molecular weight is 379 g/mol. The van der Waals surface area contributed by atoms with Crippen molar-refractivity contribution < 1.29 is 0 Å². The van der Waals surface area contributed by atoms with Gasteiger partial charge in [0.05, 0.1) is 6.20 Å². The molecule has 0 atom stereocenters. The Hall–Kier alpha value is -2.47. The Morgan fingerprint density at radius 1 is 1.00 bits per heavy atom. The van der Waals surface area contributed by atoms with Crippen LogP contribution < -0.4 is 10.2 Å². The van der Waals surface area contributed by atoms with Crippen LogP contribution in [0.4, 0.5) is 11.8 Å². The van der Waals surface area contributed by atoms with Crippen LogP contribution in [-0.4, -0.2) is 52.8 Å². The molecular formula is C22H30N6. The van der Waals surface area contributed by atoms with Gasteiger partial charge in [-0.15, -0.1) is 5.10 Å². The largest absolute Gasteiger partial charge is 0.353 e. The van der Waals surface area contributed by atoms with Crippen molar-refractivity contribution in [3.05, 3.63) is 53.7 Å². The monoisotopic (exact) mass is 378 g/mol. The summed E-state index contributed by atoms with van der Waals surface area (Å²) in [6.45, 7) is 5.91. The molecule has 0 saturated carbocycles. The second-order valence-corrected chi connectivity index (χ2v) is 7.67. The van der Waals surface area contributed by atoms with Gasteiger partial charge in [0.15, 0.2) is 5.82 Å². The molecule has 6 heteroatoms. The zero-order valence-corrected chi connectivity index (χ0v) is 16.6. The van der Waals surface area contributed by atoms with E-state index in [1.165, 1.54) is 31.2 Å². The van der Waals surface area contributed by atoms with Crippen LogP contribution in [0, 0.1) is 0 Å². The summed E-state index contributed by atoms with van der Waals surface area (Å²) in [6, 6.07) is 10.7. The van der Waals surface area contributed by atoms with Crippen molar-refractivity contribution in [2.45, 2.75) is 38.6 Å². The van der Waals surface area contributed by atoms with E-state index in [4.69, 9.17) is 4.98 Å². The molecule has 1 aromatic heterocycles. The van der Waals surface area contributed by atoms with Crippen LogP contribution in [-0.2, 0) is 6.54 Å². The van der Waals surface area contributed by atoms with E-state index in [2.05, 4.69) is 61.7 Å². The van der Waals surface area contributed by atoms with Gasteiger partial charge in [0.2, 0.25) is 5.95 Å². The fourth-order valence-electron chi connectivity index (χ4n) is 3.97. The number of hydrogen-bond donors (Lipinski definition) is 1. The van der Waals surface area contributed by atoms with Crippen molar-refractivity contribution in [3.8, 4) is 0 Å². The molecule has 28 heavy (non-hydrogen) atoms. The van der Waals surface area contributed by atoms with Crippen molar-refractivity contribution in [1.82, 2.24) is 20.1 Å². The molecule has 0 amide bonds. The lowest BCUT2D eigenvalue weighted by Gasteiger charge is -2.35. The Bertz CT molecular complexity index is 768. The van der Waals surface area contributed by atoms with Crippen molar-refractivity contribution >= 4 is 11.8 Å². The van der Waals surface area contributed by atoms with E-state index in [1.54, 1.807) is 11.8 Å². The number of anilines is 2. The number of allylic oxidation sites excluding steroid dienone is 1. The standard InChI is InChI=1S/C22H30N6/c1-3-7-19(8-4-1)11-12-23-22-25-21(17-24-26-22)28-15-13-27(14-16-28)18-20-9-5-2-6-10-20/h2,5-7,9-10,17H,1,3-4,8,11-16,18H2,(H,23,25,26). The maximum atomic E-state index is 4.69. The van der Waals surface area contributed by atoms with Gasteiger partial charge in [-0.05, 0) is 37.7 Å². The van der Waals surface area contributed by atoms with Crippen LogP contribution in [0.1, 0.15) is 37.7 Å². The molecular weight excluding hydrogens is 348 g/mol. The normalized spacial score (nSPS) is 18.0. The van der Waals surface area contributed by atoms with Gasteiger partial charge in [-0.2, -0.15) is 10.1 Å². The summed E-state index contributed by atoms with van der Waals surface area (Å²) in [6.07, 6.45) is 10.4. The van der Waals surface area contributed by atoms with Crippen LogP contribution in [0.25, 0.3) is 0 Å². The minimum absolute atomic E-state index is 0.639. The smallest absolute Gasteiger partial charge is 0.244 e. The maximum absolute atomic E-state index is 4.69. The molecule has 4 rings (SSSR count). The van der Waals surface area contributed by atoms with Gasteiger partial charge in [-0.1, -0.05) is 42.0 Å². The summed E-state index contributed by atoms with van der Waals surface area (Å²) in [5.74, 6) is 1.56.